The van der Waals surface area contributed by atoms with Crippen LogP contribution in [0.2, 0.25) is 4.34 Å². The van der Waals surface area contributed by atoms with Crippen molar-refractivity contribution in [1.29, 1.82) is 0 Å². The molecule has 27 heavy (non-hydrogen) atoms. The first-order chi connectivity index (χ1) is 12.7. The molecule has 0 fully saturated rings. The largest absolute Gasteiger partial charge is 0.365 e. The summed E-state index contributed by atoms with van der Waals surface area (Å²) in [6.07, 6.45) is 1.68. The van der Waals surface area contributed by atoms with Crippen LogP contribution in [0, 0.1) is 5.41 Å². The standard InChI is InChI=1S/C19H21ClN4O2S/c1-19(2,3)18(26)24-16(21-11-12-7-8-15(20)27-12)10-14(22-24)13-6-5-9-23(4)17(13)25/h5-10,21H,11H2,1-4H3. The van der Waals surface area contributed by atoms with Crippen LogP contribution in [0.1, 0.15) is 30.4 Å². The highest BCUT2D eigenvalue weighted by atomic mass is 35.5. The molecule has 0 unspecified atom stereocenters. The lowest BCUT2D eigenvalue weighted by molar-refractivity contribution is 0.0752. The zero-order chi connectivity index (χ0) is 19.8. The minimum absolute atomic E-state index is 0.159. The van der Waals surface area contributed by atoms with E-state index in [-0.39, 0.29) is 11.5 Å². The predicted molar refractivity (Wildman–Crippen MR) is 110 cm³/mol. The molecular weight excluding hydrogens is 384 g/mol. The maximum atomic E-state index is 12.9. The van der Waals surface area contributed by atoms with Crippen molar-refractivity contribution >= 4 is 34.7 Å². The van der Waals surface area contributed by atoms with E-state index >= 15 is 0 Å². The fourth-order valence-electron chi connectivity index (χ4n) is 2.53. The smallest absolute Gasteiger partial charge is 0.259 e. The number of thiophene rings is 1. The molecule has 3 aromatic rings. The first-order valence-electron chi connectivity index (χ1n) is 8.46. The summed E-state index contributed by atoms with van der Waals surface area (Å²) in [5, 5.41) is 7.68. The number of hydrogen-bond acceptors (Lipinski definition) is 5. The molecule has 0 radical (unpaired) electrons. The molecular formula is C19H21ClN4O2S. The van der Waals surface area contributed by atoms with Crippen molar-refractivity contribution in [3.63, 3.8) is 0 Å². The van der Waals surface area contributed by atoms with Crippen LogP contribution >= 0.6 is 22.9 Å². The highest BCUT2D eigenvalue weighted by Gasteiger charge is 2.27. The van der Waals surface area contributed by atoms with E-state index in [4.69, 9.17) is 11.6 Å². The monoisotopic (exact) mass is 404 g/mol. The quantitative estimate of drug-likeness (QED) is 0.705. The van der Waals surface area contributed by atoms with Crippen LogP contribution in [0.5, 0.6) is 0 Å². The van der Waals surface area contributed by atoms with E-state index in [1.54, 1.807) is 31.4 Å². The Morgan fingerprint density at radius 1 is 1.30 bits per heavy atom. The molecule has 8 heteroatoms. The molecule has 6 nitrogen and oxygen atoms in total. The molecule has 0 aliphatic carbocycles. The zero-order valence-corrected chi connectivity index (χ0v) is 17.2. The summed E-state index contributed by atoms with van der Waals surface area (Å²) in [6, 6.07) is 8.98. The van der Waals surface area contributed by atoms with Crippen molar-refractivity contribution < 1.29 is 4.79 Å². The molecule has 0 saturated carbocycles. The number of hydrogen-bond donors (Lipinski definition) is 1. The maximum absolute atomic E-state index is 12.9. The van der Waals surface area contributed by atoms with Gasteiger partial charge in [-0.2, -0.15) is 9.78 Å². The summed E-state index contributed by atoms with van der Waals surface area (Å²) in [4.78, 5) is 26.3. The van der Waals surface area contributed by atoms with Gasteiger partial charge in [-0.1, -0.05) is 32.4 Å². The number of rotatable bonds is 4. The molecule has 0 spiro atoms. The molecule has 3 heterocycles. The molecule has 1 N–H and O–H groups in total. The number of anilines is 1. The fourth-order valence-corrected chi connectivity index (χ4v) is 3.56. The van der Waals surface area contributed by atoms with Crippen molar-refractivity contribution in [3.8, 4) is 11.3 Å². The van der Waals surface area contributed by atoms with Crippen LogP contribution in [-0.2, 0) is 13.6 Å². The number of pyridine rings is 1. The van der Waals surface area contributed by atoms with E-state index in [0.717, 1.165) is 4.88 Å². The first kappa shape index (κ1) is 19.4. The molecule has 0 saturated heterocycles. The van der Waals surface area contributed by atoms with E-state index in [2.05, 4.69) is 10.4 Å². The van der Waals surface area contributed by atoms with E-state index in [0.29, 0.717) is 28.0 Å². The third-order valence-corrected chi connectivity index (χ3v) is 5.25. The molecule has 0 bridgehead atoms. The number of aryl methyl sites for hydroxylation is 1. The Morgan fingerprint density at radius 2 is 2.04 bits per heavy atom. The van der Waals surface area contributed by atoms with Gasteiger partial charge in [0.25, 0.3) is 11.5 Å². The minimum Gasteiger partial charge on any atom is -0.365 e. The van der Waals surface area contributed by atoms with Gasteiger partial charge in [0.1, 0.15) is 11.5 Å². The number of carbonyl (C=O) groups excluding carboxylic acids is 1. The van der Waals surface area contributed by atoms with Crippen LogP contribution in [0.15, 0.2) is 41.3 Å². The molecule has 0 amide bonds. The highest BCUT2D eigenvalue weighted by Crippen LogP contribution is 2.26. The van der Waals surface area contributed by atoms with Gasteiger partial charge in [0.2, 0.25) is 0 Å². The normalized spacial score (nSPS) is 11.6. The van der Waals surface area contributed by atoms with Crippen LogP contribution in [0.4, 0.5) is 5.82 Å². The predicted octanol–water partition coefficient (Wildman–Crippen LogP) is 4.26. The van der Waals surface area contributed by atoms with E-state index in [1.165, 1.54) is 20.6 Å². The van der Waals surface area contributed by atoms with Crippen molar-refractivity contribution in [3.05, 3.63) is 56.1 Å². The van der Waals surface area contributed by atoms with Crippen molar-refractivity contribution in [2.45, 2.75) is 27.3 Å². The Hall–Kier alpha value is -2.38. The molecule has 0 aromatic carbocycles. The van der Waals surface area contributed by atoms with Crippen LogP contribution < -0.4 is 10.9 Å². The third-order valence-electron chi connectivity index (χ3n) is 4.02. The van der Waals surface area contributed by atoms with Crippen LogP contribution in [0.25, 0.3) is 11.3 Å². The molecule has 142 valence electrons. The summed E-state index contributed by atoms with van der Waals surface area (Å²) in [6.45, 7) is 6.01. The number of carbonyl (C=O) groups is 1. The van der Waals surface area contributed by atoms with Gasteiger partial charge in [0, 0.05) is 29.6 Å². The number of aromatic nitrogens is 3. The lowest BCUT2D eigenvalue weighted by Gasteiger charge is -2.18. The average Bonchev–Trinajstić information content (AvgIpc) is 3.20. The molecule has 0 aliphatic rings. The van der Waals surface area contributed by atoms with Gasteiger partial charge in [0.05, 0.1) is 16.4 Å². The zero-order valence-electron chi connectivity index (χ0n) is 15.6. The van der Waals surface area contributed by atoms with Crippen LogP contribution in [0.3, 0.4) is 0 Å². The van der Waals surface area contributed by atoms with E-state index in [9.17, 15) is 9.59 Å². The Bertz CT molecular complexity index is 1040. The number of halogens is 1. The second kappa shape index (κ2) is 7.32. The van der Waals surface area contributed by atoms with E-state index < -0.39 is 5.41 Å². The van der Waals surface area contributed by atoms with Gasteiger partial charge in [0.15, 0.2) is 0 Å². The Kier molecular flexibility index (Phi) is 5.26. The molecule has 0 atom stereocenters. The summed E-state index contributed by atoms with van der Waals surface area (Å²) in [5.41, 5.74) is 0.123. The first-order valence-corrected chi connectivity index (χ1v) is 9.65. The number of nitrogens with one attached hydrogen (secondary N) is 1. The molecule has 3 aromatic heterocycles. The molecule has 0 aliphatic heterocycles. The van der Waals surface area contributed by atoms with Gasteiger partial charge in [-0.3, -0.25) is 9.59 Å². The summed E-state index contributed by atoms with van der Waals surface area (Å²) in [5.74, 6) is 0.383. The van der Waals surface area contributed by atoms with Crippen molar-refractivity contribution in [2.75, 3.05) is 5.32 Å². The van der Waals surface area contributed by atoms with Gasteiger partial charge in [-0.05, 0) is 24.3 Å². The third kappa shape index (κ3) is 4.14. The van der Waals surface area contributed by atoms with Gasteiger partial charge < -0.3 is 9.88 Å². The fraction of sp³-hybridized carbons (Fsp3) is 0.316. The Labute approximate surface area is 166 Å². The van der Waals surface area contributed by atoms with Gasteiger partial charge >= 0.3 is 0 Å². The topological polar surface area (TPSA) is 68.9 Å². The highest BCUT2D eigenvalue weighted by molar-refractivity contribution is 7.16. The van der Waals surface area contributed by atoms with Gasteiger partial charge in [-0.25, -0.2) is 0 Å². The summed E-state index contributed by atoms with van der Waals surface area (Å²) < 4.78 is 3.54. The Balaban J connectivity index is 2.01. The minimum atomic E-state index is -0.617. The average molecular weight is 405 g/mol. The van der Waals surface area contributed by atoms with Gasteiger partial charge in [-0.15, -0.1) is 11.3 Å². The summed E-state index contributed by atoms with van der Waals surface area (Å²) in [7, 11) is 1.68. The second-order valence-corrected chi connectivity index (χ2v) is 9.08. The lowest BCUT2D eigenvalue weighted by Crippen LogP contribution is -2.29. The van der Waals surface area contributed by atoms with E-state index in [1.807, 2.05) is 32.9 Å². The Morgan fingerprint density at radius 3 is 2.67 bits per heavy atom. The number of nitrogens with zero attached hydrogens (tertiary/aromatic N) is 3. The van der Waals surface area contributed by atoms with Crippen LogP contribution in [-0.4, -0.2) is 20.3 Å². The summed E-state index contributed by atoms with van der Waals surface area (Å²) >= 11 is 7.45. The molecule has 3 rings (SSSR count). The van der Waals surface area contributed by atoms with Crippen molar-refractivity contribution in [1.82, 2.24) is 14.3 Å². The maximum Gasteiger partial charge on any atom is 0.259 e. The lowest BCUT2D eigenvalue weighted by atomic mass is 9.96. The second-order valence-electron chi connectivity index (χ2n) is 7.28. The SMILES string of the molecule is Cn1cccc(-c2cc(NCc3ccc(Cl)s3)n(C(=O)C(C)(C)C)n2)c1=O. The van der Waals surface area contributed by atoms with Crippen molar-refractivity contribution in [2.24, 2.45) is 12.5 Å².